The lowest BCUT2D eigenvalue weighted by molar-refractivity contribution is 0.309. The van der Waals surface area contributed by atoms with E-state index in [1.54, 1.807) is 0 Å². The van der Waals surface area contributed by atoms with Crippen molar-refractivity contribution < 1.29 is 9.47 Å². The van der Waals surface area contributed by atoms with Gasteiger partial charge in [-0.25, -0.2) is 0 Å². The van der Waals surface area contributed by atoms with Gasteiger partial charge < -0.3 is 15.2 Å². The standard InChI is InChI=1S/C29H35NO2/c1-4-6-19-31-26-16-17-28(22(3)21-26)29(27(5-2)23-10-8-7-9-11-23)24-12-14-25(15-13-24)32-20-18-30/h7-17,21H,4-6,18-20,30H2,1-3H3/b29-27+. The lowest BCUT2D eigenvalue weighted by atomic mass is 9.86. The van der Waals surface area contributed by atoms with E-state index in [2.05, 4.69) is 81.4 Å². The summed E-state index contributed by atoms with van der Waals surface area (Å²) >= 11 is 0. The smallest absolute Gasteiger partial charge is 0.119 e. The first-order chi connectivity index (χ1) is 15.7. The van der Waals surface area contributed by atoms with Crippen LogP contribution in [0.2, 0.25) is 0 Å². The Kier molecular flexibility index (Phi) is 8.94. The zero-order chi connectivity index (χ0) is 22.8. The van der Waals surface area contributed by atoms with Gasteiger partial charge in [-0.15, -0.1) is 0 Å². The summed E-state index contributed by atoms with van der Waals surface area (Å²) < 4.78 is 11.6. The first-order valence-corrected chi connectivity index (χ1v) is 11.6. The van der Waals surface area contributed by atoms with Gasteiger partial charge in [-0.3, -0.25) is 0 Å². The summed E-state index contributed by atoms with van der Waals surface area (Å²) in [6.07, 6.45) is 3.13. The van der Waals surface area contributed by atoms with Gasteiger partial charge in [0.25, 0.3) is 0 Å². The SMILES string of the molecule is CCCCOc1ccc(/C(=C(\CC)c2ccccc2)c2ccc(OCCN)cc2)c(C)c1. The first kappa shape index (κ1) is 23.6. The highest BCUT2D eigenvalue weighted by Crippen LogP contribution is 2.37. The van der Waals surface area contributed by atoms with Crippen molar-refractivity contribution in [2.75, 3.05) is 19.8 Å². The second kappa shape index (κ2) is 12.1. The van der Waals surface area contributed by atoms with Gasteiger partial charge in [-0.2, -0.15) is 0 Å². The molecule has 3 heteroatoms. The number of benzene rings is 3. The molecule has 0 aliphatic rings. The van der Waals surface area contributed by atoms with Crippen molar-refractivity contribution in [3.63, 3.8) is 0 Å². The van der Waals surface area contributed by atoms with Crippen LogP contribution in [0.4, 0.5) is 0 Å². The predicted octanol–water partition coefficient (Wildman–Crippen LogP) is 6.88. The molecule has 3 rings (SSSR count). The van der Waals surface area contributed by atoms with E-state index in [0.29, 0.717) is 13.2 Å². The summed E-state index contributed by atoms with van der Waals surface area (Å²) in [5, 5.41) is 0. The molecule has 0 radical (unpaired) electrons. The number of unbranched alkanes of at least 4 members (excludes halogenated alkanes) is 1. The van der Waals surface area contributed by atoms with Gasteiger partial charge in [-0.1, -0.05) is 68.8 Å². The highest BCUT2D eigenvalue weighted by Gasteiger charge is 2.15. The number of nitrogens with two attached hydrogens (primary N) is 1. The topological polar surface area (TPSA) is 44.5 Å². The van der Waals surface area contributed by atoms with Crippen molar-refractivity contribution >= 4 is 11.1 Å². The van der Waals surface area contributed by atoms with Crippen LogP contribution >= 0.6 is 0 Å². The molecule has 0 saturated heterocycles. The first-order valence-electron chi connectivity index (χ1n) is 11.6. The Morgan fingerprint density at radius 2 is 1.47 bits per heavy atom. The highest BCUT2D eigenvalue weighted by atomic mass is 16.5. The average molecular weight is 430 g/mol. The van der Waals surface area contributed by atoms with Crippen LogP contribution < -0.4 is 15.2 Å². The Labute approximate surface area is 192 Å². The molecular formula is C29H35NO2. The van der Waals surface area contributed by atoms with E-state index >= 15 is 0 Å². The molecule has 0 unspecified atom stereocenters. The molecule has 3 aromatic carbocycles. The second-order valence-electron chi connectivity index (χ2n) is 7.91. The van der Waals surface area contributed by atoms with E-state index < -0.39 is 0 Å². The third-order valence-corrected chi connectivity index (χ3v) is 5.54. The molecule has 0 spiro atoms. The Morgan fingerprint density at radius 3 is 2.09 bits per heavy atom. The van der Waals surface area contributed by atoms with Gasteiger partial charge in [-0.05, 0) is 77.4 Å². The van der Waals surface area contributed by atoms with E-state index in [-0.39, 0.29) is 0 Å². The van der Waals surface area contributed by atoms with Crippen LogP contribution in [0.1, 0.15) is 55.4 Å². The maximum absolute atomic E-state index is 5.95. The monoisotopic (exact) mass is 429 g/mol. The number of hydrogen-bond acceptors (Lipinski definition) is 3. The number of allylic oxidation sites excluding steroid dienone is 1. The molecule has 3 nitrogen and oxygen atoms in total. The number of ether oxygens (including phenoxy) is 2. The lowest BCUT2D eigenvalue weighted by Crippen LogP contribution is -2.10. The van der Waals surface area contributed by atoms with Crippen molar-refractivity contribution in [2.24, 2.45) is 5.73 Å². The highest BCUT2D eigenvalue weighted by molar-refractivity contribution is 5.99. The molecule has 0 bridgehead atoms. The van der Waals surface area contributed by atoms with E-state index in [4.69, 9.17) is 15.2 Å². The molecule has 0 fully saturated rings. The third-order valence-electron chi connectivity index (χ3n) is 5.54. The number of aryl methyl sites for hydroxylation is 1. The fourth-order valence-electron chi connectivity index (χ4n) is 3.89. The average Bonchev–Trinajstić information content (AvgIpc) is 2.83. The number of rotatable bonds is 11. The molecule has 2 N–H and O–H groups in total. The van der Waals surface area contributed by atoms with E-state index in [1.165, 1.54) is 33.4 Å². The minimum atomic E-state index is 0.507. The van der Waals surface area contributed by atoms with Crippen LogP contribution in [0.15, 0.2) is 72.8 Å². The van der Waals surface area contributed by atoms with Crippen molar-refractivity contribution in [1.29, 1.82) is 0 Å². The van der Waals surface area contributed by atoms with Gasteiger partial charge >= 0.3 is 0 Å². The molecule has 32 heavy (non-hydrogen) atoms. The van der Waals surface area contributed by atoms with E-state index in [9.17, 15) is 0 Å². The number of hydrogen-bond donors (Lipinski definition) is 1. The van der Waals surface area contributed by atoms with Crippen molar-refractivity contribution in [3.05, 3.63) is 95.1 Å². The summed E-state index contributed by atoms with van der Waals surface area (Å²) in [6, 6.07) is 25.4. The van der Waals surface area contributed by atoms with Crippen LogP contribution in [-0.2, 0) is 0 Å². The Balaban J connectivity index is 2.08. The molecule has 0 aliphatic heterocycles. The Morgan fingerprint density at radius 1 is 0.781 bits per heavy atom. The van der Waals surface area contributed by atoms with Gasteiger partial charge in [0.05, 0.1) is 6.61 Å². The molecule has 0 heterocycles. The van der Waals surface area contributed by atoms with Gasteiger partial charge in [0.1, 0.15) is 18.1 Å². The lowest BCUT2D eigenvalue weighted by Gasteiger charge is -2.19. The maximum atomic E-state index is 5.95. The van der Waals surface area contributed by atoms with Gasteiger partial charge in [0.15, 0.2) is 0 Å². The minimum absolute atomic E-state index is 0.507. The molecule has 0 saturated carbocycles. The maximum Gasteiger partial charge on any atom is 0.119 e. The fourth-order valence-corrected chi connectivity index (χ4v) is 3.89. The van der Waals surface area contributed by atoms with Crippen LogP contribution in [0, 0.1) is 6.92 Å². The molecule has 0 aliphatic carbocycles. The van der Waals surface area contributed by atoms with E-state index in [0.717, 1.165) is 37.4 Å². The second-order valence-corrected chi connectivity index (χ2v) is 7.91. The Hall–Kier alpha value is -3.04. The summed E-state index contributed by atoms with van der Waals surface area (Å²) in [6.45, 7) is 8.35. The quantitative estimate of drug-likeness (QED) is 0.267. The van der Waals surface area contributed by atoms with Crippen LogP contribution in [0.25, 0.3) is 11.1 Å². The molecule has 0 atom stereocenters. The zero-order valence-electron chi connectivity index (χ0n) is 19.6. The summed E-state index contributed by atoms with van der Waals surface area (Å²) in [5.74, 6) is 1.77. The summed E-state index contributed by atoms with van der Waals surface area (Å²) in [5.41, 5.74) is 13.0. The molecule has 0 aromatic heterocycles. The van der Waals surface area contributed by atoms with Crippen LogP contribution in [0.3, 0.4) is 0 Å². The summed E-state index contributed by atoms with van der Waals surface area (Å²) in [7, 11) is 0. The molecule has 168 valence electrons. The Bertz CT molecular complexity index is 1010. The molecule has 0 amide bonds. The van der Waals surface area contributed by atoms with Crippen molar-refractivity contribution in [3.8, 4) is 11.5 Å². The fraction of sp³-hybridized carbons (Fsp3) is 0.310. The van der Waals surface area contributed by atoms with Gasteiger partial charge in [0, 0.05) is 6.54 Å². The van der Waals surface area contributed by atoms with Crippen LogP contribution in [-0.4, -0.2) is 19.8 Å². The summed E-state index contributed by atoms with van der Waals surface area (Å²) in [4.78, 5) is 0. The molecule has 3 aromatic rings. The largest absolute Gasteiger partial charge is 0.494 e. The van der Waals surface area contributed by atoms with Crippen molar-refractivity contribution in [1.82, 2.24) is 0 Å². The van der Waals surface area contributed by atoms with E-state index in [1.807, 2.05) is 12.1 Å². The predicted molar refractivity (Wildman–Crippen MR) is 135 cm³/mol. The normalized spacial score (nSPS) is 11.8. The van der Waals surface area contributed by atoms with Crippen LogP contribution in [0.5, 0.6) is 11.5 Å². The third kappa shape index (κ3) is 6.02. The zero-order valence-corrected chi connectivity index (χ0v) is 19.6. The minimum Gasteiger partial charge on any atom is -0.494 e. The van der Waals surface area contributed by atoms with Gasteiger partial charge in [0.2, 0.25) is 0 Å². The van der Waals surface area contributed by atoms with Crippen molar-refractivity contribution in [2.45, 2.75) is 40.0 Å². The molecular weight excluding hydrogens is 394 g/mol.